The number of hydrogen-bond donors (Lipinski definition) is 0. The fourth-order valence-corrected chi connectivity index (χ4v) is 0.613. The van der Waals surface area contributed by atoms with Gasteiger partial charge in [-0.1, -0.05) is 6.92 Å². The summed E-state index contributed by atoms with van der Waals surface area (Å²) >= 11 is 0. The molecule has 0 N–H and O–H groups in total. The van der Waals surface area contributed by atoms with Gasteiger partial charge in [0.15, 0.2) is 0 Å². The fourth-order valence-electron chi connectivity index (χ4n) is 0.613. The Hall–Kier alpha value is -0.320. The Bertz CT molecular complexity index is 108. The Labute approximate surface area is 68.7 Å². The summed E-state index contributed by atoms with van der Waals surface area (Å²) in [7, 11) is 0. The van der Waals surface area contributed by atoms with Crippen LogP contribution in [0.1, 0.15) is 19.8 Å². The molecular weight excluding hydrogens is 176 g/mol. The minimum Gasteiger partial charge on any atom is -0.375 e. The van der Waals surface area contributed by atoms with Gasteiger partial charge in [0.1, 0.15) is 6.67 Å². The molecule has 0 fully saturated rings. The second kappa shape index (κ2) is 5.35. The third-order valence-electron chi connectivity index (χ3n) is 1.37. The van der Waals surface area contributed by atoms with Crippen molar-refractivity contribution in [1.82, 2.24) is 0 Å². The van der Waals surface area contributed by atoms with E-state index >= 15 is 0 Å². The molecule has 0 aliphatic rings. The molecule has 0 saturated heterocycles. The zero-order valence-corrected chi connectivity index (χ0v) is 6.83. The largest absolute Gasteiger partial charge is 0.391 e. The maximum Gasteiger partial charge on any atom is 0.391 e. The maximum atomic E-state index is 11.9. The van der Waals surface area contributed by atoms with Gasteiger partial charge in [-0.15, -0.1) is 0 Å². The van der Waals surface area contributed by atoms with E-state index in [9.17, 15) is 17.6 Å². The third-order valence-corrected chi connectivity index (χ3v) is 1.37. The van der Waals surface area contributed by atoms with Crippen LogP contribution >= 0.6 is 0 Å². The highest BCUT2D eigenvalue weighted by molar-refractivity contribution is 4.54. The normalized spacial score (nSPS) is 14.8. The van der Waals surface area contributed by atoms with Gasteiger partial charge in [0.05, 0.1) is 19.1 Å². The summed E-state index contributed by atoms with van der Waals surface area (Å²) < 4.78 is 51.1. The number of rotatable bonds is 5. The first kappa shape index (κ1) is 11.7. The molecule has 74 valence electrons. The van der Waals surface area contributed by atoms with E-state index in [-0.39, 0.29) is 0 Å². The van der Waals surface area contributed by atoms with Crippen LogP contribution in [0.4, 0.5) is 17.6 Å². The van der Waals surface area contributed by atoms with Crippen molar-refractivity contribution in [3.05, 3.63) is 0 Å². The molecule has 0 aromatic heterocycles. The molecule has 0 heterocycles. The van der Waals surface area contributed by atoms with Gasteiger partial charge in [-0.2, -0.15) is 13.2 Å². The predicted octanol–water partition coefficient (Wildman–Crippen LogP) is 2.70. The smallest absolute Gasteiger partial charge is 0.375 e. The van der Waals surface area contributed by atoms with Crippen LogP contribution in [-0.2, 0) is 4.74 Å². The van der Waals surface area contributed by atoms with E-state index in [0.717, 1.165) is 0 Å². The van der Waals surface area contributed by atoms with Crippen molar-refractivity contribution in [1.29, 1.82) is 0 Å². The van der Waals surface area contributed by atoms with Gasteiger partial charge < -0.3 is 4.74 Å². The van der Waals surface area contributed by atoms with Crippen molar-refractivity contribution >= 4 is 0 Å². The van der Waals surface area contributed by atoms with Gasteiger partial charge in [0, 0.05) is 0 Å². The Morgan fingerprint density at radius 1 is 1.33 bits per heavy atom. The monoisotopic (exact) mass is 188 g/mol. The van der Waals surface area contributed by atoms with Crippen LogP contribution in [0.3, 0.4) is 0 Å². The number of hydrogen-bond acceptors (Lipinski definition) is 1. The summed E-state index contributed by atoms with van der Waals surface area (Å²) in [5, 5.41) is 0. The van der Waals surface area contributed by atoms with E-state index < -0.39 is 32.0 Å². The predicted molar refractivity (Wildman–Crippen MR) is 36.7 cm³/mol. The molecule has 1 unspecified atom stereocenters. The van der Waals surface area contributed by atoms with Crippen LogP contribution in [0.25, 0.3) is 0 Å². The average molecular weight is 188 g/mol. The van der Waals surface area contributed by atoms with Crippen LogP contribution in [-0.4, -0.2) is 25.6 Å². The lowest BCUT2D eigenvalue weighted by Gasteiger charge is -2.12. The summed E-state index contributed by atoms with van der Waals surface area (Å²) in [4.78, 5) is 0. The quantitative estimate of drug-likeness (QED) is 0.603. The van der Waals surface area contributed by atoms with Crippen molar-refractivity contribution in [2.24, 2.45) is 0 Å². The molecule has 12 heavy (non-hydrogen) atoms. The Morgan fingerprint density at radius 2 is 1.92 bits per heavy atom. The minimum atomic E-state index is -4.21. The Balaban J connectivity index is 3.41. The van der Waals surface area contributed by atoms with E-state index in [2.05, 4.69) is 4.74 Å². The highest BCUT2D eigenvalue weighted by Gasteiger charge is 2.26. The van der Waals surface area contributed by atoms with Gasteiger partial charge in [0.25, 0.3) is 0 Å². The van der Waals surface area contributed by atoms with E-state index in [1.54, 1.807) is 6.92 Å². The average Bonchev–Trinajstić information content (AvgIpc) is 1.96. The zero-order chi connectivity index (χ0) is 9.61. The summed E-state index contributed by atoms with van der Waals surface area (Å²) in [5.74, 6) is 0. The molecule has 0 amide bonds. The second-order valence-corrected chi connectivity index (χ2v) is 2.42. The molecule has 0 aromatic rings. The van der Waals surface area contributed by atoms with Crippen molar-refractivity contribution in [2.75, 3.05) is 13.3 Å². The molecule has 0 radical (unpaired) electrons. The van der Waals surface area contributed by atoms with Gasteiger partial charge >= 0.3 is 6.18 Å². The highest BCUT2D eigenvalue weighted by Crippen LogP contribution is 2.19. The molecule has 0 rings (SSSR count). The lowest BCUT2D eigenvalue weighted by molar-refractivity contribution is -0.149. The summed E-state index contributed by atoms with van der Waals surface area (Å²) in [6.07, 6.45) is -5.51. The van der Waals surface area contributed by atoms with Gasteiger partial charge in [-0.3, -0.25) is 0 Å². The van der Waals surface area contributed by atoms with E-state index in [1.165, 1.54) is 0 Å². The van der Waals surface area contributed by atoms with Crippen molar-refractivity contribution in [2.45, 2.75) is 32.0 Å². The number of ether oxygens (including phenoxy) is 1. The first-order chi connectivity index (χ1) is 5.49. The van der Waals surface area contributed by atoms with Crippen LogP contribution in [0.5, 0.6) is 0 Å². The van der Waals surface area contributed by atoms with Gasteiger partial charge in [-0.25, -0.2) is 4.39 Å². The van der Waals surface area contributed by atoms with Crippen molar-refractivity contribution in [3.63, 3.8) is 0 Å². The van der Waals surface area contributed by atoms with Crippen molar-refractivity contribution in [3.8, 4) is 0 Å². The molecule has 0 aliphatic heterocycles. The lowest BCUT2D eigenvalue weighted by atomic mass is 10.3. The fraction of sp³-hybridized carbons (Fsp3) is 1.00. The SMILES string of the molecule is CCC(CF)OCCC(F)(F)F. The van der Waals surface area contributed by atoms with Crippen LogP contribution in [0, 0.1) is 0 Å². The molecule has 0 saturated carbocycles. The third kappa shape index (κ3) is 6.39. The topological polar surface area (TPSA) is 9.23 Å². The van der Waals surface area contributed by atoms with Gasteiger partial charge in [0.2, 0.25) is 0 Å². The molecule has 0 spiro atoms. The number of alkyl halides is 4. The molecule has 1 atom stereocenters. The van der Waals surface area contributed by atoms with E-state index in [4.69, 9.17) is 0 Å². The maximum absolute atomic E-state index is 11.9. The van der Waals surface area contributed by atoms with Crippen molar-refractivity contribution < 1.29 is 22.3 Å². The Morgan fingerprint density at radius 3 is 2.25 bits per heavy atom. The summed E-state index contributed by atoms with van der Waals surface area (Å²) in [5.41, 5.74) is 0. The molecule has 0 aromatic carbocycles. The highest BCUT2D eigenvalue weighted by atomic mass is 19.4. The summed E-state index contributed by atoms with van der Waals surface area (Å²) in [6, 6.07) is 0. The van der Waals surface area contributed by atoms with Crippen LogP contribution in [0.2, 0.25) is 0 Å². The van der Waals surface area contributed by atoms with Crippen LogP contribution < -0.4 is 0 Å². The molecular formula is C7H12F4O. The molecule has 0 aliphatic carbocycles. The summed E-state index contributed by atoms with van der Waals surface area (Å²) in [6.45, 7) is 0.484. The van der Waals surface area contributed by atoms with E-state index in [0.29, 0.717) is 6.42 Å². The zero-order valence-electron chi connectivity index (χ0n) is 6.83. The molecule has 0 bridgehead atoms. The van der Waals surface area contributed by atoms with Crippen LogP contribution in [0.15, 0.2) is 0 Å². The standard InChI is InChI=1S/C7H12F4O/c1-2-6(5-8)12-4-3-7(9,10)11/h6H,2-5H2,1H3. The molecule has 1 nitrogen and oxygen atoms in total. The van der Waals surface area contributed by atoms with Gasteiger partial charge in [-0.05, 0) is 6.42 Å². The van der Waals surface area contributed by atoms with E-state index in [1.807, 2.05) is 0 Å². The lowest BCUT2D eigenvalue weighted by Crippen LogP contribution is -2.19. The first-order valence-electron chi connectivity index (χ1n) is 3.74. The Kier molecular flexibility index (Phi) is 5.20. The first-order valence-corrected chi connectivity index (χ1v) is 3.74. The second-order valence-electron chi connectivity index (χ2n) is 2.42. The minimum absolute atomic E-state index is 0.397. The molecule has 5 heteroatoms. The number of halogens is 4.